The van der Waals surface area contributed by atoms with Crippen LogP contribution in [-0.2, 0) is 13.6 Å². The molecule has 0 aliphatic carbocycles. The van der Waals surface area contributed by atoms with E-state index >= 15 is 0 Å². The average Bonchev–Trinajstić information content (AvgIpc) is 2.81. The number of aryl methyl sites for hydroxylation is 1. The summed E-state index contributed by atoms with van der Waals surface area (Å²) in [6.07, 6.45) is 1.74. The SMILES string of the molecule is CNc1c(F)cc(C(=O)NCc2ccn(C)n2)cc1F. The topological polar surface area (TPSA) is 59.0 Å². The van der Waals surface area contributed by atoms with Gasteiger partial charge in [0.1, 0.15) is 17.3 Å². The molecule has 0 unspecified atom stereocenters. The summed E-state index contributed by atoms with van der Waals surface area (Å²) in [7, 11) is 3.16. The quantitative estimate of drug-likeness (QED) is 0.895. The van der Waals surface area contributed by atoms with Crippen molar-refractivity contribution >= 4 is 11.6 Å². The van der Waals surface area contributed by atoms with Crippen molar-refractivity contribution in [1.82, 2.24) is 15.1 Å². The molecular formula is C13H14F2N4O. The van der Waals surface area contributed by atoms with Gasteiger partial charge in [-0.25, -0.2) is 8.78 Å². The van der Waals surface area contributed by atoms with Crippen LogP contribution in [0.4, 0.5) is 14.5 Å². The van der Waals surface area contributed by atoms with Crippen LogP contribution in [0.3, 0.4) is 0 Å². The first-order valence-electron chi connectivity index (χ1n) is 5.94. The summed E-state index contributed by atoms with van der Waals surface area (Å²) < 4.78 is 28.7. The lowest BCUT2D eigenvalue weighted by molar-refractivity contribution is 0.0949. The number of amides is 1. The number of aromatic nitrogens is 2. The molecule has 2 rings (SSSR count). The number of hydrogen-bond donors (Lipinski definition) is 2. The minimum Gasteiger partial charge on any atom is -0.383 e. The summed E-state index contributed by atoms with van der Waals surface area (Å²) in [5, 5.41) is 9.03. The molecule has 1 heterocycles. The van der Waals surface area contributed by atoms with E-state index in [1.807, 2.05) is 0 Å². The Morgan fingerprint density at radius 1 is 1.35 bits per heavy atom. The van der Waals surface area contributed by atoms with Gasteiger partial charge in [-0.05, 0) is 18.2 Å². The first-order valence-corrected chi connectivity index (χ1v) is 5.94. The number of nitrogens with one attached hydrogen (secondary N) is 2. The molecule has 2 N–H and O–H groups in total. The van der Waals surface area contributed by atoms with Crippen molar-refractivity contribution in [1.29, 1.82) is 0 Å². The zero-order chi connectivity index (χ0) is 14.7. The third-order valence-corrected chi connectivity index (χ3v) is 2.75. The number of rotatable bonds is 4. The van der Waals surface area contributed by atoms with Gasteiger partial charge in [0, 0.05) is 25.9 Å². The second kappa shape index (κ2) is 5.68. The number of carbonyl (C=O) groups is 1. The Bertz CT molecular complexity index is 616. The molecule has 5 nitrogen and oxygen atoms in total. The van der Waals surface area contributed by atoms with Gasteiger partial charge in [0.15, 0.2) is 0 Å². The monoisotopic (exact) mass is 280 g/mol. The summed E-state index contributed by atoms with van der Waals surface area (Å²) in [4.78, 5) is 11.8. The van der Waals surface area contributed by atoms with Crippen molar-refractivity contribution in [3.63, 3.8) is 0 Å². The van der Waals surface area contributed by atoms with E-state index in [1.54, 1.807) is 24.0 Å². The smallest absolute Gasteiger partial charge is 0.251 e. The number of nitrogens with zero attached hydrogens (tertiary/aromatic N) is 2. The Morgan fingerprint density at radius 2 is 2.00 bits per heavy atom. The normalized spacial score (nSPS) is 10.4. The zero-order valence-electron chi connectivity index (χ0n) is 11.1. The molecule has 0 aliphatic heterocycles. The molecule has 0 spiro atoms. The molecule has 1 aromatic heterocycles. The Hall–Kier alpha value is -2.44. The van der Waals surface area contributed by atoms with Gasteiger partial charge in [-0.3, -0.25) is 9.48 Å². The number of halogens is 2. The Labute approximate surface area is 114 Å². The molecule has 0 aliphatic rings. The summed E-state index contributed by atoms with van der Waals surface area (Å²) >= 11 is 0. The molecule has 20 heavy (non-hydrogen) atoms. The lowest BCUT2D eigenvalue weighted by Gasteiger charge is -2.08. The third kappa shape index (κ3) is 2.93. The molecule has 0 fully saturated rings. The van der Waals surface area contributed by atoms with E-state index < -0.39 is 17.5 Å². The van der Waals surface area contributed by atoms with Gasteiger partial charge in [0.2, 0.25) is 0 Å². The van der Waals surface area contributed by atoms with Gasteiger partial charge < -0.3 is 10.6 Å². The van der Waals surface area contributed by atoms with E-state index in [4.69, 9.17) is 0 Å². The first-order chi connectivity index (χ1) is 9.51. The minimum absolute atomic E-state index is 0.0741. The predicted molar refractivity (Wildman–Crippen MR) is 70.3 cm³/mol. The van der Waals surface area contributed by atoms with Crippen LogP contribution in [0.1, 0.15) is 16.1 Å². The largest absolute Gasteiger partial charge is 0.383 e. The number of benzene rings is 1. The maximum absolute atomic E-state index is 13.5. The molecule has 2 aromatic rings. The molecule has 0 saturated heterocycles. The van der Waals surface area contributed by atoms with Crippen molar-refractivity contribution in [3.8, 4) is 0 Å². The number of anilines is 1. The van der Waals surface area contributed by atoms with Gasteiger partial charge in [-0.1, -0.05) is 0 Å². The van der Waals surface area contributed by atoms with Crippen molar-refractivity contribution in [3.05, 3.63) is 47.3 Å². The van der Waals surface area contributed by atoms with E-state index in [2.05, 4.69) is 15.7 Å². The molecular weight excluding hydrogens is 266 g/mol. The Kier molecular flexibility index (Phi) is 3.97. The molecule has 1 aromatic carbocycles. The summed E-state index contributed by atoms with van der Waals surface area (Å²) in [6.45, 7) is 0.191. The fraction of sp³-hybridized carbons (Fsp3) is 0.231. The maximum Gasteiger partial charge on any atom is 0.251 e. The highest BCUT2D eigenvalue weighted by molar-refractivity contribution is 5.94. The van der Waals surface area contributed by atoms with Gasteiger partial charge in [-0.2, -0.15) is 5.10 Å². The van der Waals surface area contributed by atoms with Crippen LogP contribution >= 0.6 is 0 Å². The third-order valence-electron chi connectivity index (χ3n) is 2.75. The van der Waals surface area contributed by atoms with Crippen molar-refractivity contribution in [2.24, 2.45) is 7.05 Å². The second-order valence-corrected chi connectivity index (χ2v) is 4.23. The van der Waals surface area contributed by atoms with Crippen LogP contribution in [0, 0.1) is 11.6 Å². The van der Waals surface area contributed by atoms with Crippen molar-refractivity contribution < 1.29 is 13.6 Å². The Balaban J connectivity index is 2.09. The lowest BCUT2D eigenvalue weighted by Crippen LogP contribution is -2.23. The fourth-order valence-corrected chi connectivity index (χ4v) is 1.77. The zero-order valence-corrected chi connectivity index (χ0v) is 11.1. The van der Waals surface area contributed by atoms with Crippen LogP contribution in [0.25, 0.3) is 0 Å². The van der Waals surface area contributed by atoms with Crippen molar-refractivity contribution in [2.45, 2.75) is 6.54 Å². The summed E-state index contributed by atoms with van der Waals surface area (Å²) in [6, 6.07) is 3.72. The average molecular weight is 280 g/mol. The van der Waals surface area contributed by atoms with Gasteiger partial charge >= 0.3 is 0 Å². The van der Waals surface area contributed by atoms with Crippen LogP contribution in [0.15, 0.2) is 24.4 Å². The van der Waals surface area contributed by atoms with Crippen LogP contribution < -0.4 is 10.6 Å². The minimum atomic E-state index is -0.810. The van der Waals surface area contributed by atoms with E-state index in [1.165, 1.54) is 7.05 Å². The predicted octanol–water partition coefficient (Wildman–Crippen LogP) is 1.67. The summed E-state index contributed by atoms with van der Waals surface area (Å²) in [5.41, 5.74) is 0.329. The highest BCUT2D eigenvalue weighted by Gasteiger charge is 2.14. The molecule has 1 amide bonds. The molecule has 0 bridgehead atoms. The number of carbonyl (C=O) groups excluding carboxylic acids is 1. The van der Waals surface area contributed by atoms with Crippen LogP contribution in [-0.4, -0.2) is 22.7 Å². The molecule has 106 valence electrons. The fourth-order valence-electron chi connectivity index (χ4n) is 1.77. The highest BCUT2D eigenvalue weighted by atomic mass is 19.1. The summed E-state index contributed by atoms with van der Waals surface area (Å²) in [5.74, 6) is -2.18. The molecule has 0 saturated carbocycles. The standard InChI is InChI=1S/C13H14F2N4O/c1-16-12-10(14)5-8(6-11(12)15)13(20)17-7-9-3-4-19(2)18-9/h3-6,16H,7H2,1-2H3,(H,17,20). The van der Waals surface area contributed by atoms with E-state index in [-0.39, 0.29) is 17.8 Å². The van der Waals surface area contributed by atoms with E-state index in [0.717, 1.165) is 12.1 Å². The lowest BCUT2D eigenvalue weighted by atomic mass is 10.1. The molecule has 7 heteroatoms. The maximum atomic E-state index is 13.5. The Morgan fingerprint density at radius 3 is 2.50 bits per heavy atom. The van der Waals surface area contributed by atoms with E-state index in [9.17, 15) is 13.6 Å². The van der Waals surface area contributed by atoms with Crippen LogP contribution in [0.5, 0.6) is 0 Å². The second-order valence-electron chi connectivity index (χ2n) is 4.23. The van der Waals surface area contributed by atoms with Gasteiger partial charge in [-0.15, -0.1) is 0 Å². The van der Waals surface area contributed by atoms with Gasteiger partial charge in [0.05, 0.1) is 12.2 Å². The van der Waals surface area contributed by atoms with Gasteiger partial charge in [0.25, 0.3) is 5.91 Å². The van der Waals surface area contributed by atoms with Crippen LogP contribution in [0.2, 0.25) is 0 Å². The molecule has 0 radical (unpaired) electrons. The first kappa shape index (κ1) is 14.0. The number of hydrogen-bond acceptors (Lipinski definition) is 3. The molecule has 0 atom stereocenters. The van der Waals surface area contributed by atoms with E-state index in [0.29, 0.717) is 5.69 Å². The van der Waals surface area contributed by atoms with Crippen molar-refractivity contribution in [2.75, 3.05) is 12.4 Å². The highest BCUT2D eigenvalue weighted by Crippen LogP contribution is 2.20.